The van der Waals surface area contributed by atoms with Crippen molar-refractivity contribution in [2.45, 2.75) is 24.9 Å². The molecule has 2 unspecified atom stereocenters. The molecule has 0 spiro atoms. The molecular formula is C10H13N5O3. The van der Waals surface area contributed by atoms with Crippen LogP contribution in [0.4, 0.5) is 5.82 Å². The molecule has 2 aromatic rings. The minimum absolute atomic E-state index is 0.246. The van der Waals surface area contributed by atoms with Gasteiger partial charge in [-0.1, -0.05) is 0 Å². The second kappa shape index (κ2) is 4.16. The molecule has 0 aromatic carbocycles. The third-order valence-electron chi connectivity index (χ3n) is 2.98. The Kier molecular flexibility index (Phi) is 2.35. The van der Waals surface area contributed by atoms with E-state index in [9.17, 15) is 10.2 Å². The molecule has 2 aromatic heterocycles. The van der Waals surface area contributed by atoms with Crippen LogP contribution in [0.3, 0.4) is 0 Å². The number of imidazole rings is 1. The van der Waals surface area contributed by atoms with Crippen LogP contribution in [0.5, 0.6) is 0 Å². The van der Waals surface area contributed by atoms with E-state index in [0.717, 1.165) is 0 Å². The molecule has 0 amide bonds. The molecule has 8 nitrogen and oxygen atoms in total. The lowest BCUT2D eigenvalue weighted by Crippen LogP contribution is -2.24. The molecule has 1 saturated heterocycles. The molecule has 96 valence electrons. The van der Waals surface area contributed by atoms with Crippen molar-refractivity contribution in [2.24, 2.45) is 0 Å². The lowest BCUT2D eigenvalue weighted by atomic mass is 10.2. The smallest absolute Gasteiger partial charge is 0.167 e. The van der Waals surface area contributed by atoms with Crippen LogP contribution in [0, 0.1) is 0 Å². The van der Waals surface area contributed by atoms with E-state index in [0.29, 0.717) is 11.2 Å². The molecule has 0 radical (unpaired) electrons. The van der Waals surface area contributed by atoms with Crippen LogP contribution in [0.1, 0.15) is 14.0 Å². The maximum Gasteiger partial charge on any atom is 0.167 e. The van der Waals surface area contributed by atoms with Crippen molar-refractivity contribution >= 4 is 17.0 Å². The van der Waals surface area contributed by atoms with Gasteiger partial charge in [-0.25, -0.2) is 15.0 Å². The predicted octanol–water partition coefficient (Wildman–Crippen LogP) is -0.951. The summed E-state index contributed by atoms with van der Waals surface area (Å²) < 4.78 is 14.3. The summed E-state index contributed by atoms with van der Waals surface area (Å²) in [5.41, 5.74) is 6.63. The highest BCUT2D eigenvalue weighted by Gasteiger charge is 2.35. The maximum atomic E-state index is 9.76. The fourth-order valence-corrected chi connectivity index (χ4v) is 2.06. The summed E-state index contributed by atoms with van der Waals surface area (Å²) in [5.74, 6) is 0.263. The first kappa shape index (κ1) is 10.2. The summed E-state index contributed by atoms with van der Waals surface area (Å²) >= 11 is 0. The van der Waals surface area contributed by atoms with Crippen LogP contribution >= 0.6 is 0 Å². The molecule has 1 aliphatic heterocycles. The van der Waals surface area contributed by atoms with Gasteiger partial charge in [-0.2, -0.15) is 0 Å². The molecular weight excluding hydrogens is 238 g/mol. The van der Waals surface area contributed by atoms with Crippen molar-refractivity contribution in [3.8, 4) is 0 Å². The number of nitrogen functional groups attached to an aromatic ring is 1. The first-order chi connectivity index (χ1) is 9.08. The van der Waals surface area contributed by atoms with Gasteiger partial charge in [-0.3, -0.25) is 4.57 Å². The van der Waals surface area contributed by atoms with Gasteiger partial charge in [-0.15, -0.1) is 0 Å². The first-order valence-corrected chi connectivity index (χ1v) is 5.45. The van der Waals surface area contributed by atoms with Gasteiger partial charge in [-0.05, 0) is 0 Å². The normalized spacial score (nSPS) is 30.6. The molecule has 0 bridgehead atoms. The Morgan fingerprint density at radius 1 is 1.56 bits per heavy atom. The van der Waals surface area contributed by atoms with E-state index in [4.69, 9.17) is 11.8 Å². The Labute approximate surface area is 103 Å². The van der Waals surface area contributed by atoms with Crippen molar-refractivity contribution in [2.75, 3.05) is 12.3 Å². The van der Waals surface area contributed by atoms with Crippen molar-refractivity contribution < 1.29 is 16.3 Å². The van der Waals surface area contributed by atoms with Crippen molar-refractivity contribution in [3.63, 3.8) is 0 Å². The third kappa shape index (κ3) is 1.62. The Morgan fingerprint density at radius 2 is 2.39 bits per heavy atom. The summed E-state index contributed by atoms with van der Waals surface area (Å²) in [4.78, 5) is 12.0. The highest BCUT2D eigenvalue weighted by Crippen LogP contribution is 2.30. The van der Waals surface area contributed by atoms with Gasteiger partial charge in [0, 0.05) is 6.42 Å². The second-order valence-electron chi connectivity index (χ2n) is 4.09. The average Bonchev–Trinajstić information content (AvgIpc) is 2.93. The number of fused-ring (bicyclic) bond motifs is 1. The Morgan fingerprint density at radius 3 is 3.11 bits per heavy atom. The standard InChI is InChI=1S/C10H13N5O3/c11-9-8-10(13-3-12-9)15(4-14-8)7-1-5(17)6(2-16)18-7/h3-7,16-17H,1-2H2,(H2,11,12,13)/t5-,6?,7+/m0/s1/i2D/t2?,5-,6?,7+. The van der Waals surface area contributed by atoms with E-state index >= 15 is 0 Å². The molecule has 4 atom stereocenters. The second-order valence-corrected chi connectivity index (χ2v) is 4.09. The minimum Gasteiger partial charge on any atom is -0.394 e. The highest BCUT2D eigenvalue weighted by atomic mass is 16.5. The topological polar surface area (TPSA) is 119 Å². The fraction of sp³-hybridized carbons (Fsp3) is 0.500. The zero-order valence-electron chi connectivity index (χ0n) is 10.3. The number of hydrogen-bond acceptors (Lipinski definition) is 7. The number of nitrogens with two attached hydrogens (primary N) is 1. The molecule has 1 fully saturated rings. The quantitative estimate of drug-likeness (QED) is 0.630. The number of nitrogens with zero attached hydrogens (tertiary/aromatic N) is 4. The van der Waals surface area contributed by atoms with Gasteiger partial charge < -0.3 is 20.7 Å². The number of aliphatic hydroxyl groups excluding tert-OH is 2. The summed E-state index contributed by atoms with van der Waals surface area (Å²) in [6, 6.07) is 0. The van der Waals surface area contributed by atoms with Crippen LogP contribution in [0.15, 0.2) is 12.7 Å². The van der Waals surface area contributed by atoms with Crippen LogP contribution in [-0.2, 0) is 4.74 Å². The SMILES string of the molecule is [2H]C(O)C1O[C@@H](n2cnc3c(N)ncnc32)C[C@@H]1O. The van der Waals surface area contributed by atoms with E-state index in [1.54, 1.807) is 4.57 Å². The highest BCUT2D eigenvalue weighted by molar-refractivity contribution is 5.81. The summed E-state index contributed by atoms with van der Waals surface area (Å²) in [5, 5.41) is 19.0. The minimum atomic E-state index is -1.49. The number of aromatic nitrogens is 4. The van der Waals surface area contributed by atoms with Crippen LogP contribution in [-0.4, -0.2) is 48.5 Å². The van der Waals surface area contributed by atoms with Gasteiger partial charge in [0.05, 0.1) is 20.4 Å². The maximum absolute atomic E-state index is 9.76. The van der Waals surface area contributed by atoms with Gasteiger partial charge in [0.15, 0.2) is 11.5 Å². The monoisotopic (exact) mass is 252 g/mol. The van der Waals surface area contributed by atoms with E-state index in [1.165, 1.54) is 12.7 Å². The Balaban J connectivity index is 1.96. The first-order valence-electron chi connectivity index (χ1n) is 6.02. The molecule has 4 N–H and O–H groups in total. The number of rotatable bonds is 2. The van der Waals surface area contributed by atoms with Crippen LogP contribution < -0.4 is 5.73 Å². The largest absolute Gasteiger partial charge is 0.394 e. The average molecular weight is 252 g/mol. The predicted molar refractivity (Wildman–Crippen MR) is 61.4 cm³/mol. The van der Waals surface area contributed by atoms with Crippen molar-refractivity contribution in [3.05, 3.63) is 12.7 Å². The Hall–Kier alpha value is -1.77. The summed E-state index contributed by atoms with van der Waals surface area (Å²) in [6.07, 6.45) is 0.662. The van der Waals surface area contributed by atoms with Crippen molar-refractivity contribution in [1.82, 2.24) is 19.5 Å². The van der Waals surface area contributed by atoms with Gasteiger partial charge in [0.25, 0.3) is 0 Å². The molecule has 8 heteroatoms. The summed E-state index contributed by atoms with van der Waals surface area (Å²) in [6.45, 7) is -1.49. The lowest BCUT2D eigenvalue weighted by molar-refractivity contribution is -0.0432. The van der Waals surface area contributed by atoms with Gasteiger partial charge in [0.1, 0.15) is 24.2 Å². The zero-order chi connectivity index (χ0) is 13.6. The van der Waals surface area contributed by atoms with E-state index < -0.39 is 25.0 Å². The zero-order valence-corrected chi connectivity index (χ0v) is 9.34. The summed E-state index contributed by atoms with van der Waals surface area (Å²) in [7, 11) is 0. The molecule has 3 rings (SSSR count). The molecule has 0 saturated carbocycles. The third-order valence-corrected chi connectivity index (χ3v) is 2.98. The van der Waals surface area contributed by atoms with E-state index in [2.05, 4.69) is 15.0 Å². The van der Waals surface area contributed by atoms with Gasteiger partial charge >= 0.3 is 0 Å². The number of ether oxygens (including phenoxy) is 1. The molecule has 1 aliphatic rings. The van der Waals surface area contributed by atoms with Crippen LogP contribution in [0.25, 0.3) is 11.2 Å². The molecule has 0 aliphatic carbocycles. The van der Waals surface area contributed by atoms with E-state index in [-0.39, 0.29) is 12.2 Å². The fourth-order valence-electron chi connectivity index (χ4n) is 2.06. The van der Waals surface area contributed by atoms with Crippen molar-refractivity contribution in [1.29, 1.82) is 0 Å². The van der Waals surface area contributed by atoms with Gasteiger partial charge in [0.2, 0.25) is 0 Å². The molecule has 3 heterocycles. The molecule has 18 heavy (non-hydrogen) atoms. The van der Waals surface area contributed by atoms with E-state index in [1.807, 2.05) is 0 Å². The number of aliphatic hydroxyl groups is 2. The lowest BCUT2D eigenvalue weighted by Gasteiger charge is -2.13. The number of anilines is 1. The number of hydrogen-bond donors (Lipinski definition) is 3. The van der Waals surface area contributed by atoms with Crippen LogP contribution in [0.2, 0.25) is 0 Å². The Bertz CT molecular complexity index is 604.